The van der Waals surface area contributed by atoms with Gasteiger partial charge in [-0.1, -0.05) is 66.7 Å². The zero-order valence-electron chi connectivity index (χ0n) is 11.6. The van der Waals surface area contributed by atoms with Gasteiger partial charge in [0.25, 0.3) is 0 Å². The number of hydrogen-bond acceptors (Lipinski definition) is 1. The Balaban J connectivity index is 1.96. The summed E-state index contributed by atoms with van der Waals surface area (Å²) in [5.41, 5.74) is 0.997. The average molecular weight is 289 g/mol. The third-order valence-electron chi connectivity index (χ3n) is 3.15. The Kier molecular flexibility index (Phi) is 4.55. The van der Waals surface area contributed by atoms with E-state index in [-0.39, 0.29) is 0 Å². The van der Waals surface area contributed by atoms with Crippen LogP contribution in [0, 0.1) is 0 Å². The topological polar surface area (TPSA) is 12.9 Å². The maximum absolute atomic E-state index is 4.36. The van der Waals surface area contributed by atoms with E-state index in [0.717, 1.165) is 5.69 Å². The van der Waals surface area contributed by atoms with Gasteiger partial charge < -0.3 is 0 Å². The minimum atomic E-state index is -0.495. The van der Waals surface area contributed by atoms with Crippen LogP contribution in [0.4, 0.5) is 0 Å². The Morgan fingerprint density at radius 2 is 1.24 bits per heavy atom. The van der Waals surface area contributed by atoms with Crippen molar-refractivity contribution in [1.29, 1.82) is 0 Å². The zero-order valence-corrected chi connectivity index (χ0v) is 12.5. The first kappa shape index (κ1) is 13.7. The molecule has 0 bridgehead atoms. The fourth-order valence-electron chi connectivity index (χ4n) is 2.12. The van der Waals surface area contributed by atoms with Crippen LogP contribution in [0.15, 0.2) is 90.9 Å². The molecule has 0 spiro atoms. The predicted molar refractivity (Wildman–Crippen MR) is 92.3 cm³/mol. The molecule has 0 aliphatic rings. The molecule has 3 rings (SSSR count). The Hall–Kier alpha value is -2.24. The quantitative estimate of drug-likeness (QED) is 0.656. The van der Waals surface area contributed by atoms with E-state index >= 15 is 0 Å². The number of nitrogens with zero attached hydrogens (tertiary/aromatic N) is 1. The normalized spacial score (nSPS) is 11.1. The third-order valence-corrected chi connectivity index (χ3v) is 5.31. The van der Waals surface area contributed by atoms with Crippen molar-refractivity contribution in [2.75, 3.05) is 0 Å². The Morgan fingerprint density at radius 3 is 1.76 bits per heavy atom. The summed E-state index contributed by atoms with van der Waals surface area (Å²) in [6.45, 7) is 0. The number of benzene rings is 2. The zero-order chi connectivity index (χ0) is 14.3. The van der Waals surface area contributed by atoms with E-state index in [1.807, 2.05) is 24.4 Å². The summed E-state index contributed by atoms with van der Waals surface area (Å²) in [5, 5.41) is 2.71. The lowest BCUT2D eigenvalue weighted by molar-refractivity contribution is 1.30. The number of hydrogen-bond donors (Lipinski definition) is 0. The first-order valence-electron chi connectivity index (χ1n) is 6.92. The van der Waals surface area contributed by atoms with Crippen LogP contribution in [-0.2, 0) is 0 Å². The van der Waals surface area contributed by atoms with Gasteiger partial charge >= 0.3 is 0 Å². The SMILES string of the molecule is C(=C\P(c1ccccc1)c1ccccc1)/c1ccccn1. The molecule has 1 nitrogen and oxygen atoms in total. The highest BCUT2D eigenvalue weighted by atomic mass is 31.1. The van der Waals surface area contributed by atoms with E-state index in [9.17, 15) is 0 Å². The lowest BCUT2D eigenvalue weighted by Gasteiger charge is -2.14. The molecular weight excluding hydrogens is 273 g/mol. The fraction of sp³-hybridized carbons (Fsp3) is 0. The molecular formula is C19H16NP. The molecule has 0 saturated heterocycles. The van der Waals surface area contributed by atoms with Crippen molar-refractivity contribution >= 4 is 24.6 Å². The standard InChI is InChI=1S/C19H16NP/c1-3-10-18(11-4-1)21(19-12-5-2-6-13-19)16-14-17-9-7-8-15-20-17/h1-16H/b16-14+. The average Bonchev–Trinajstić information content (AvgIpc) is 2.58. The highest BCUT2D eigenvalue weighted by Gasteiger charge is 2.09. The van der Waals surface area contributed by atoms with Crippen molar-refractivity contribution in [3.63, 3.8) is 0 Å². The van der Waals surface area contributed by atoms with Gasteiger partial charge in [0.1, 0.15) is 0 Å². The summed E-state index contributed by atoms with van der Waals surface area (Å²) >= 11 is 0. The van der Waals surface area contributed by atoms with Crippen LogP contribution in [0.2, 0.25) is 0 Å². The first-order valence-corrected chi connectivity index (χ1v) is 8.33. The highest BCUT2D eigenvalue weighted by molar-refractivity contribution is 7.75. The monoisotopic (exact) mass is 289 g/mol. The van der Waals surface area contributed by atoms with Gasteiger partial charge in [-0.25, -0.2) is 0 Å². The maximum Gasteiger partial charge on any atom is 0.0630 e. The molecule has 0 saturated carbocycles. The maximum atomic E-state index is 4.36. The number of rotatable bonds is 4. The van der Waals surface area contributed by atoms with Crippen molar-refractivity contribution in [2.24, 2.45) is 0 Å². The lowest BCUT2D eigenvalue weighted by atomic mass is 10.3. The van der Waals surface area contributed by atoms with Crippen molar-refractivity contribution in [3.05, 3.63) is 96.6 Å². The van der Waals surface area contributed by atoms with E-state index in [2.05, 4.69) is 77.5 Å². The Labute approximate surface area is 126 Å². The van der Waals surface area contributed by atoms with E-state index in [1.54, 1.807) is 0 Å². The van der Waals surface area contributed by atoms with Crippen molar-refractivity contribution < 1.29 is 0 Å². The molecule has 0 aliphatic carbocycles. The smallest absolute Gasteiger partial charge is 0.0630 e. The van der Waals surface area contributed by atoms with Gasteiger partial charge in [-0.05, 0) is 42.6 Å². The highest BCUT2D eigenvalue weighted by Crippen LogP contribution is 2.35. The second-order valence-electron chi connectivity index (χ2n) is 4.61. The largest absolute Gasteiger partial charge is 0.257 e. The third kappa shape index (κ3) is 3.65. The molecule has 0 unspecified atom stereocenters. The molecule has 3 aromatic rings. The van der Waals surface area contributed by atoms with Crippen molar-refractivity contribution in [1.82, 2.24) is 4.98 Å². The molecule has 0 N–H and O–H groups in total. The van der Waals surface area contributed by atoms with Crippen LogP contribution in [0.25, 0.3) is 6.08 Å². The van der Waals surface area contributed by atoms with E-state index in [0.29, 0.717) is 0 Å². The van der Waals surface area contributed by atoms with E-state index in [4.69, 9.17) is 0 Å². The van der Waals surface area contributed by atoms with Crippen LogP contribution in [-0.4, -0.2) is 4.98 Å². The van der Waals surface area contributed by atoms with Crippen LogP contribution in [0.5, 0.6) is 0 Å². The minimum absolute atomic E-state index is 0.495. The predicted octanol–water partition coefficient (Wildman–Crippen LogP) is 4.19. The molecule has 0 aliphatic heterocycles. The van der Waals surface area contributed by atoms with Gasteiger partial charge in [0.2, 0.25) is 0 Å². The van der Waals surface area contributed by atoms with Crippen molar-refractivity contribution in [3.8, 4) is 0 Å². The van der Waals surface area contributed by atoms with Gasteiger partial charge in [0.05, 0.1) is 5.69 Å². The summed E-state index contributed by atoms with van der Waals surface area (Å²) in [4.78, 5) is 4.36. The van der Waals surface area contributed by atoms with Crippen LogP contribution >= 0.6 is 7.92 Å². The molecule has 2 heteroatoms. The van der Waals surface area contributed by atoms with E-state index < -0.39 is 7.92 Å². The second kappa shape index (κ2) is 6.97. The summed E-state index contributed by atoms with van der Waals surface area (Å²) in [6.07, 6.45) is 3.94. The Morgan fingerprint density at radius 1 is 0.667 bits per heavy atom. The van der Waals surface area contributed by atoms with Crippen LogP contribution < -0.4 is 10.6 Å². The van der Waals surface area contributed by atoms with Gasteiger partial charge in [0, 0.05) is 6.20 Å². The molecule has 0 amide bonds. The van der Waals surface area contributed by atoms with E-state index in [1.165, 1.54) is 10.6 Å². The lowest BCUT2D eigenvalue weighted by Crippen LogP contribution is -2.09. The van der Waals surface area contributed by atoms with Gasteiger partial charge in [-0.3, -0.25) is 4.98 Å². The summed E-state index contributed by atoms with van der Waals surface area (Å²) in [5.74, 6) is 2.28. The molecule has 1 aromatic heterocycles. The summed E-state index contributed by atoms with van der Waals surface area (Å²) in [6, 6.07) is 27.3. The molecule has 0 atom stereocenters. The molecule has 1 heterocycles. The molecule has 21 heavy (non-hydrogen) atoms. The van der Waals surface area contributed by atoms with Gasteiger partial charge in [0.15, 0.2) is 0 Å². The molecule has 2 aromatic carbocycles. The van der Waals surface area contributed by atoms with Gasteiger partial charge in [-0.15, -0.1) is 0 Å². The van der Waals surface area contributed by atoms with Gasteiger partial charge in [-0.2, -0.15) is 0 Å². The Bertz CT molecular complexity index is 654. The van der Waals surface area contributed by atoms with Crippen LogP contribution in [0.3, 0.4) is 0 Å². The molecule has 102 valence electrons. The molecule has 0 radical (unpaired) electrons. The van der Waals surface area contributed by atoms with Crippen LogP contribution in [0.1, 0.15) is 5.69 Å². The number of aromatic nitrogens is 1. The fourth-order valence-corrected chi connectivity index (χ4v) is 4.05. The number of pyridine rings is 1. The second-order valence-corrected chi connectivity index (χ2v) is 6.68. The molecule has 0 fully saturated rings. The first-order chi connectivity index (χ1) is 10.4. The summed E-state index contributed by atoms with van der Waals surface area (Å²) < 4.78 is 0. The van der Waals surface area contributed by atoms with Crippen molar-refractivity contribution in [2.45, 2.75) is 0 Å². The summed E-state index contributed by atoms with van der Waals surface area (Å²) in [7, 11) is -0.495. The minimum Gasteiger partial charge on any atom is -0.257 e.